The fourth-order valence-corrected chi connectivity index (χ4v) is 4.83. The van der Waals surface area contributed by atoms with Crippen LogP contribution >= 0.6 is 0 Å². The van der Waals surface area contributed by atoms with Crippen LogP contribution in [0.25, 0.3) is 0 Å². The minimum atomic E-state index is -0.860. The first-order valence-corrected chi connectivity index (χ1v) is 13.1. The number of benzene rings is 2. The van der Waals surface area contributed by atoms with E-state index in [9.17, 15) is 9.59 Å². The van der Waals surface area contributed by atoms with Crippen LogP contribution in [0.4, 0.5) is 5.69 Å². The number of hydrogen-bond acceptors (Lipinski definition) is 6. The lowest BCUT2D eigenvalue weighted by Crippen LogP contribution is -2.51. The molecular formula is C29H39N3O5. The molecule has 2 aliphatic heterocycles. The molecule has 8 nitrogen and oxygen atoms in total. The Hall–Kier alpha value is -3.42. The number of nitrogens with zero attached hydrogens (tertiary/aromatic N) is 2. The molecule has 2 aliphatic rings. The molecule has 0 fully saturated rings. The SMILES string of the molecule is CCN(CC)c1ccc2c(c1)OC(C(C)C)C(=O)N(Cc1ccc3c(c1)OCO3)C2C(=O)NC(C)(C)C. The zero-order valence-corrected chi connectivity index (χ0v) is 23.0. The fraction of sp³-hybridized carbons (Fsp3) is 0.517. The number of ether oxygens (including phenoxy) is 3. The van der Waals surface area contributed by atoms with Gasteiger partial charge < -0.3 is 29.3 Å². The third kappa shape index (κ3) is 5.63. The Labute approximate surface area is 219 Å². The Morgan fingerprint density at radius 2 is 1.76 bits per heavy atom. The second-order valence-electron chi connectivity index (χ2n) is 11.0. The van der Waals surface area contributed by atoms with Gasteiger partial charge in [0.05, 0.1) is 0 Å². The molecule has 2 aromatic carbocycles. The normalized spacial score (nSPS) is 18.8. The van der Waals surface area contributed by atoms with E-state index in [4.69, 9.17) is 14.2 Å². The predicted molar refractivity (Wildman–Crippen MR) is 143 cm³/mol. The van der Waals surface area contributed by atoms with Gasteiger partial charge in [-0.25, -0.2) is 0 Å². The third-order valence-corrected chi connectivity index (χ3v) is 6.65. The van der Waals surface area contributed by atoms with Gasteiger partial charge in [-0.1, -0.05) is 26.0 Å². The molecule has 0 radical (unpaired) electrons. The van der Waals surface area contributed by atoms with Gasteiger partial charge in [-0.15, -0.1) is 0 Å². The van der Waals surface area contributed by atoms with Crippen molar-refractivity contribution in [3.05, 3.63) is 47.5 Å². The number of anilines is 1. The maximum atomic E-state index is 14.1. The van der Waals surface area contributed by atoms with E-state index in [1.54, 1.807) is 4.90 Å². The van der Waals surface area contributed by atoms with Gasteiger partial charge in [0.15, 0.2) is 17.6 Å². The first-order chi connectivity index (χ1) is 17.5. The standard InChI is InChI=1S/C29H39N3O5/c1-8-31(9-2)20-11-12-21-23(15-20)37-26(18(3)4)28(34)32(25(21)27(33)30-29(5,6)7)16-19-10-13-22-24(14-19)36-17-35-22/h10-15,18,25-26H,8-9,16-17H2,1-7H3,(H,30,33). The highest BCUT2D eigenvalue weighted by molar-refractivity contribution is 5.92. The van der Waals surface area contributed by atoms with Crippen molar-refractivity contribution < 1.29 is 23.8 Å². The summed E-state index contributed by atoms with van der Waals surface area (Å²) < 4.78 is 17.4. The highest BCUT2D eigenvalue weighted by Crippen LogP contribution is 2.40. The van der Waals surface area contributed by atoms with E-state index in [0.29, 0.717) is 22.8 Å². The van der Waals surface area contributed by atoms with Crippen molar-refractivity contribution in [2.24, 2.45) is 5.92 Å². The zero-order valence-electron chi connectivity index (χ0n) is 23.0. The van der Waals surface area contributed by atoms with Gasteiger partial charge in [0.25, 0.3) is 5.91 Å². The fourth-order valence-electron chi connectivity index (χ4n) is 4.83. The summed E-state index contributed by atoms with van der Waals surface area (Å²) in [4.78, 5) is 31.8. The first kappa shape index (κ1) is 26.6. The topological polar surface area (TPSA) is 80.3 Å². The highest BCUT2D eigenvalue weighted by atomic mass is 16.7. The number of rotatable bonds is 7. The van der Waals surface area contributed by atoms with Crippen molar-refractivity contribution in [3.63, 3.8) is 0 Å². The average Bonchev–Trinajstić information content (AvgIpc) is 3.25. The molecule has 0 aromatic heterocycles. The Kier molecular flexibility index (Phi) is 7.57. The largest absolute Gasteiger partial charge is 0.480 e. The Morgan fingerprint density at radius 1 is 1.05 bits per heavy atom. The van der Waals surface area contributed by atoms with E-state index >= 15 is 0 Å². The number of fused-ring (bicyclic) bond motifs is 2. The zero-order chi connectivity index (χ0) is 26.9. The molecular weight excluding hydrogens is 470 g/mol. The Morgan fingerprint density at radius 3 is 2.41 bits per heavy atom. The molecule has 0 aliphatic carbocycles. The van der Waals surface area contributed by atoms with Crippen LogP contribution in [0.5, 0.6) is 17.2 Å². The molecule has 2 unspecified atom stereocenters. The van der Waals surface area contributed by atoms with Crippen LogP contribution < -0.4 is 24.4 Å². The summed E-state index contributed by atoms with van der Waals surface area (Å²) in [5.41, 5.74) is 2.04. The third-order valence-electron chi connectivity index (χ3n) is 6.65. The molecule has 8 heteroatoms. The monoisotopic (exact) mass is 509 g/mol. The summed E-state index contributed by atoms with van der Waals surface area (Å²) in [6, 6.07) is 10.7. The van der Waals surface area contributed by atoms with E-state index in [0.717, 1.165) is 24.3 Å². The molecule has 0 bridgehead atoms. The summed E-state index contributed by atoms with van der Waals surface area (Å²) in [5.74, 6) is 1.32. The Balaban J connectivity index is 1.83. The summed E-state index contributed by atoms with van der Waals surface area (Å²) in [7, 11) is 0. The molecule has 0 saturated heterocycles. The minimum Gasteiger partial charge on any atom is -0.480 e. The molecule has 4 rings (SSSR count). The van der Waals surface area contributed by atoms with Gasteiger partial charge in [0, 0.05) is 42.5 Å². The predicted octanol–water partition coefficient (Wildman–Crippen LogP) is 4.66. The highest BCUT2D eigenvalue weighted by Gasteiger charge is 2.43. The molecule has 0 saturated carbocycles. The van der Waals surface area contributed by atoms with E-state index in [1.165, 1.54) is 0 Å². The van der Waals surface area contributed by atoms with Crippen molar-refractivity contribution in [2.45, 2.75) is 72.7 Å². The van der Waals surface area contributed by atoms with Crippen molar-refractivity contribution in [1.82, 2.24) is 10.2 Å². The molecule has 2 amide bonds. The van der Waals surface area contributed by atoms with Crippen LogP contribution in [0.15, 0.2) is 36.4 Å². The number of carbonyl (C=O) groups excluding carboxylic acids is 2. The van der Waals surface area contributed by atoms with Gasteiger partial charge in [0.2, 0.25) is 12.7 Å². The van der Waals surface area contributed by atoms with Crippen molar-refractivity contribution >= 4 is 17.5 Å². The van der Waals surface area contributed by atoms with E-state index in [2.05, 4.69) is 24.1 Å². The minimum absolute atomic E-state index is 0.0962. The van der Waals surface area contributed by atoms with Gasteiger partial charge in [0.1, 0.15) is 11.8 Å². The van der Waals surface area contributed by atoms with Crippen LogP contribution in [-0.2, 0) is 16.1 Å². The maximum Gasteiger partial charge on any atom is 0.265 e. The summed E-state index contributed by atoms with van der Waals surface area (Å²) in [6.45, 7) is 16.0. The summed E-state index contributed by atoms with van der Waals surface area (Å²) in [6.07, 6.45) is -0.729. The lowest BCUT2D eigenvalue weighted by atomic mass is 9.99. The molecule has 37 heavy (non-hydrogen) atoms. The second kappa shape index (κ2) is 10.5. The van der Waals surface area contributed by atoms with Gasteiger partial charge in [-0.3, -0.25) is 9.59 Å². The van der Waals surface area contributed by atoms with Gasteiger partial charge in [-0.05, 0) is 64.3 Å². The van der Waals surface area contributed by atoms with Crippen molar-refractivity contribution in [2.75, 3.05) is 24.8 Å². The number of amides is 2. The maximum absolute atomic E-state index is 14.1. The summed E-state index contributed by atoms with van der Waals surface area (Å²) >= 11 is 0. The molecule has 2 heterocycles. The van der Waals surface area contributed by atoms with Gasteiger partial charge >= 0.3 is 0 Å². The lowest BCUT2D eigenvalue weighted by Gasteiger charge is -2.33. The second-order valence-corrected chi connectivity index (χ2v) is 11.0. The Bertz CT molecular complexity index is 1150. The molecule has 200 valence electrons. The van der Waals surface area contributed by atoms with Gasteiger partial charge in [-0.2, -0.15) is 0 Å². The van der Waals surface area contributed by atoms with E-state index < -0.39 is 17.7 Å². The van der Waals surface area contributed by atoms with E-state index in [1.807, 2.05) is 71.0 Å². The number of carbonyl (C=O) groups is 2. The van der Waals surface area contributed by atoms with Crippen LogP contribution in [0.1, 0.15) is 65.6 Å². The summed E-state index contributed by atoms with van der Waals surface area (Å²) in [5, 5.41) is 3.10. The van der Waals surface area contributed by atoms with Crippen LogP contribution in [0, 0.1) is 5.92 Å². The smallest absolute Gasteiger partial charge is 0.265 e. The number of nitrogens with one attached hydrogen (secondary N) is 1. The molecule has 2 aromatic rings. The van der Waals surface area contributed by atoms with E-state index in [-0.39, 0.29) is 31.1 Å². The first-order valence-electron chi connectivity index (χ1n) is 13.1. The number of hydrogen-bond donors (Lipinski definition) is 1. The molecule has 0 spiro atoms. The van der Waals surface area contributed by atoms with Crippen molar-refractivity contribution in [3.8, 4) is 17.2 Å². The molecule has 1 N–H and O–H groups in total. The quantitative estimate of drug-likeness (QED) is 0.585. The van der Waals surface area contributed by atoms with Crippen LogP contribution in [0.2, 0.25) is 0 Å². The average molecular weight is 510 g/mol. The molecule has 2 atom stereocenters. The van der Waals surface area contributed by atoms with Crippen LogP contribution in [0.3, 0.4) is 0 Å². The van der Waals surface area contributed by atoms with Crippen LogP contribution in [-0.4, -0.2) is 48.2 Å². The van der Waals surface area contributed by atoms with Crippen molar-refractivity contribution in [1.29, 1.82) is 0 Å². The lowest BCUT2D eigenvalue weighted by molar-refractivity contribution is -0.147.